The van der Waals surface area contributed by atoms with Gasteiger partial charge < -0.3 is 9.64 Å². The maximum Gasteiger partial charge on any atom is 0.307 e. The SMILES string of the molecule is CCOC(=O)CCN(C(=O)CC1CCCCC1)C1CCCCCCC1. The molecule has 2 rings (SSSR count). The second kappa shape index (κ2) is 11.5. The molecule has 2 fully saturated rings. The Morgan fingerprint density at radius 2 is 1.44 bits per heavy atom. The third-order valence-corrected chi connectivity index (χ3v) is 5.89. The first-order valence-corrected chi connectivity index (χ1v) is 10.7. The van der Waals surface area contributed by atoms with E-state index in [4.69, 9.17) is 4.74 Å². The quantitative estimate of drug-likeness (QED) is 0.616. The smallest absolute Gasteiger partial charge is 0.307 e. The molecule has 2 saturated carbocycles. The molecular formula is C21H37NO3. The highest BCUT2D eigenvalue weighted by Gasteiger charge is 2.27. The van der Waals surface area contributed by atoms with Crippen molar-refractivity contribution in [2.24, 2.45) is 5.92 Å². The van der Waals surface area contributed by atoms with Crippen molar-refractivity contribution in [1.29, 1.82) is 0 Å². The first-order chi connectivity index (χ1) is 12.2. The molecule has 4 nitrogen and oxygen atoms in total. The second-order valence-corrected chi connectivity index (χ2v) is 7.85. The summed E-state index contributed by atoms with van der Waals surface area (Å²) in [5.74, 6) is 0.658. The van der Waals surface area contributed by atoms with Crippen molar-refractivity contribution in [2.75, 3.05) is 13.2 Å². The maximum absolute atomic E-state index is 13.1. The number of hydrogen-bond acceptors (Lipinski definition) is 3. The van der Waals surface area contributed by atoms with Crippen LogP contribution in [0.15, 0.2) is 0 Å². The standard InChI is InChI=1S/C21H37NO3/c1-2-25-21(24)15-16-22(19-13-9-4-3-5-10-14-19)20(23)17-18-11-7-6-8-12-18/h18-19H,2-17H2,1H3. The first-order valence-electron chi connectivity index (χ1n) is 10.7. The van der Waals surface area contributed by atoms with Crippen LogP contribution in [-0.4, -0.2) is 36.0 Å². The van der Waals surface area contributed by atoms with Crippen LogP contribution in [0.1, 0.15) is 96.8 Å². The Kier molecular flexibility index (Phi) is 9.35. The molecule has 0 unspecified atom stereocenters. The fourth-order valence-electron chi connectivity index (χ4n) is 4.46. The van der Waals surface area contributed by atoms with Crippen LogP contribution in [0.5, 0.6) is 0 Å². The zero-order valence-corrected chi connectivity index (χ0v) is 16.1. The van der Waals surface area contributed by atoms with E-state index in [1.54, 1.807) is 0 Å². The maximum atomic E-state index is 13.1. The van der Waals surface area contributed by atoms with Gasteiger partial charge in [0.15, 0.2) is 0 Å². The molecular weight excluding hydrogens is 314 g/mol. The van der Waals surface area contributed by atoms with Gasteiger partial charge in [-0.05, 0) is 38.5 Å². The number of carbonyl (C=O) groups excluding carboxylic acids is 2. The van der Waals surface area contributed by atoms with Crippen LogP contribution in [0.4, 0.5) is 0 Å². The highest BCUT2D eigenvalue weighted by Crippen LogP contribution is 2.28. The molecule has 0 aromatic heterocycles. The van der Waals surface area contributed by atoms with E-state index in [-0.39, 0.29) is 11.9 Å². The van der Waals surface area contributed by atoms with Crippen molar-refractivity contribution in [3.05, 3.63) is 0 Å². The minimum atomic E-state index is -0.177. The molecule has 2 aliphatic rings. The highest BCUT2D eigenvalue weighted by molar-refractivity contribution is 5.78. The van der Waals surface area contributed by atoms with E-state index in [0.29, 0.717) is 38.0 Å². The molecule has 25 heavy (non-hydrogen) atoms. The van der Waals surface area contributed by atoms with E-state index in [9.17, 15) is 9.59 Å². The van der Waals surface area contributed by atoms with Gasteiger partial charge in [0.25, 0.3) is 0 Å². The van der Waals surface area contributed by atoms with Crippen molar-refractivity contribution in [3.63, 3.8) is 0 Å². The lowest BCUT2D eigenvalue weighted by atomic mass is 9.86. The van der Waals surface area contributed by atoms with Crippen molar-refractivity contribution < 1.29 is 14.3 Å². The number of esters is 1. The van der Waals surface area contributed by atoms with E-state index in [1.165, 1.54) is 64.2 Å². The van der Waals surface area contributed by atoms with Crippen molar-refractivity contribution in [3.8, 4) is 0 Å². The number of nitrogens with zero attached hydrogens (tertiary/aromatic N) is 1. The predicted octanol–water partition coefficient (Wildman–Crippen LogP) is 4.85. The molecule has 4 heteroatoms. The number of carbonyl (C=O) groups is 2. The first kappa shape index (κ1) is 20.3. The summed E-state index contributed by atoms with van der Waals surface area (Å²) in [7, 11) is 0. The molecule has 0 aliphatic heterocycles. The van der Waals surface area contributed by atoms with Gasteiger partial charge in [0.2, 0.25) is 5.91 Å². The topological polar surface area (TPSA) is 46.6 Å². The van der Waals surface area contributed by atoms with E-state index in [0.717, 1.165) is 12.8 Å². The number of amides is 1. The summed E-state index contributed by atoms with van der Waals surface area (Å²) in [6.45, 7) is 2.78. The fraction of sp³-hybridized carbons (Fsp3) is 0.905. The van der Waals surface area contributed by atoms with E-state index in [2.05, 4.69) is 4.90 Å². The van der Waals surface area contributed by atoms with Crippen LogP contribution in [0.25, 0.3) is 0 Å². The minimum absolute atomic E-state index is 0.177. The summed E-state index contributed by atoms with van der Waals surface area (Å²) in [4.78, 5) is 26.9. The third kappa shape index (κ3) is 7.37. The molecule has 2 aliphatic carbocycles. The Labute approximate surface area is 153 Å². The molecule has 1 amide bonds. The van der Waals surface area contributed by atoms with E-state index < -0.39 is 0 Å². The molecule has 144 valence electrons. The summed E-state index contributed by atoms with van der Waals surface area (Å²) in [5, 5.41) is 0. The highest BCUT2D eigenvalue weighted by atomic mass is 16.5. The van der Waals surface area contributed by atoms with Crippen molar-refractivity contribution in [1.82, 2.24) is 4.90 Å². The number of rotatable bonds is 7. The number of ether oxygens (including phenoxy) is 1. The fourth-order valence-corrected chi connectivity index (χ4v) is 4.46. The zero-order chi connectivity index (χ0) is 17.9. The van der Waals surface area contributed by atoms with E-state index >= 15 is 0 Å². The lowest BCUT2D eigenvalue weighted by molar-refractivity contribution is -0.144. The Morgan fingerprint density at radius 1 is 0.880 bits per heavy atom. The summed E-state index contributed by atoms with van der Waals surface area (Å²) in [5.41, 5.74) is 0. The Hall–Kier alpha value is -1.06. The van der Waals surface area contributed by atoms with Crippen LogP contribution in [0.3, 0.4) is 0 Å². The molecule has 0 N–H and O–H groups in total. The Morgan fingerprint density at radius 3 is 2.08 bits per heavy atom. The summed E-state index contributed by atoms with van der Waals surface area (Å²) in [6.07, 6.45) is 15.7. The molecule has 0 aromatic rings. The normalized spacial score (nSPS) is 20.5. The second-order valence-electron chi connectivity index (χ2n) is 7.85. The van der Waals surface area contributed by atoms with E-state index in [1.807, 2.05) is 6.92 Å². The molecule has 0 heterocycles. The predicted molar refractivity (Wildman–Crippen MR) is 100 cm³/mol. The molecule has 0 bridgehead atoms. The van der Waals surface area contributed by atoms with Crippen LogP contribution < -0.4 is 0 Å². The van der Waals surface area contributed by atoms with Gasteiger partial charge in [-0.15, -0.1) is 0 Å². The van der Waals surface area contributed by atoms with Gasteiger partial charge >= 0.3 is 5.97 Å². The molecule has 0 radical (unpaired) electrons. The summed E-state index contributed by atoms with van der Waals surface area (Å²) >= 11 is 0. The monoisotopic (exact) mass is 351 g/mol. The molecule has 0 saturated heterocycles. The van der Waals surface area contributed by atoms with Crippen LogP contribution in [0.2, 0.25) is 0 Å². The average Bonchev–Trinajstić information content (AvgIpc) is 2.57. The van der Waals surface area contributed by atoms with Gasteiger partial charge in [0, 0.05) is 19.0 Å². The van der Waals surface area contributed by atoms with Crippen molar-refractivity contribution in [2.45, 2.75) is 103 Å². The van der Waals surface area contributed by atoms with Crippen LogP contribution in [0, 0.1) is 5.92 Å². The molecule has 0 spiro atoms. The van der Waals surface area contributed by atoms with Crippen LogP contribution in [-0.2, 0) is 14.3 Å². The van der Waals surface area contributed by atoms with Gasteiger partial charge in [-0.3, -0.25) is 9.59 Å². The molecule has 0 aromatic carbocycles. The van der Waals surface area contributed by atoms with Gasteiger partial charge in [-0.25, -0.2) is 0 Å². The number of hydrogen-bond donors (Lipinski definition) is 0. The van der Waals surface area contributed by atoms with Gasteiger partial charge in [0.05, 0.1) is 13.0 Å². The average molecular weight is 352 g/mol. The Balaban J connectivity index is 1.95. The lowest BCUT2D eigenvalue weighted by Gasteiger charge is -2.34. The van der Waals surface area contributed by atoms with Crippen molar-refractivity contribution >= 4 is 11.9 Å². The molecule has 0 atom stereocenters. The minimum Gasteiger partial charge on any atom is -0.466 e. The van der Waals surface area contributed by atoms with Crippen LogP contribution >= 0.6 is 0 Å². The largest absolute Gasteiger partial charge is 0.466 e. The summed E-state index contributed by atoms with van der Waals surface area (Å²) < 4.78 is 5.08. The summed E-state index contributed by atoms with van der Waals surface area (Å²) in [6, 6.07) is 0.325. The van der Waals surface area contributed by atoms with Gasteiger partial charge in [-0.1, -0.05) is 51.4 Å². The zero-order valence-electron chi connectivity index (χ0n) is 16.1. The third-order valence-electron chi connectivity index (χ3n) is 5.89. The van der Waals surface area contributed by atoms with Gasteiger partial charge in [0.1, 0.15) is 0 Å². The lowest BCUT2D eigenvalue weighted by Crippen LogP contribution is -2.43. The Bertz CT molecular complexity index is 396. The van der Waals surface area contributed by atoms with Gasteiger partial charge in [-0.2, -0.15) is 0 Å².